The number of amides is 1. The lowest BCUT2D eigenvalue weighted by Gasteiger charge is -2.16. The van der Waals surface area contributed by atoms with E-state index in [0.29, 0.717) is 12.2 Å². The Morgan fingerprint density at radius 1 is 1.20 bits per heavy atom. The van der Waals surface area contributed by atoms with Crippen LogP contribution < -0.4 is 0 Å². The van der Waals surface area contributed by atoms with Crippen molar-refractivity contribution in [2.75, 3.05) is 13.6 Å². The minimum Gasteiger partial charge on any atom is -0.340 e. The zero-order valence-electron chi connectivity index (χ0n) is 11.3. The largest absolute Gasteiger partial charge is 0.340 e. The number of nitrogens with zero attached hydrogens (tertiary/aromatic N) is 3. The van der Waals surface area contributed by atoms with Crippen LogP contribution in [0.3, 0.4) is 0 Å². The number of likely N-dealkylation sites (N-methyl/N-ethyl adjacent to an activating group) is 1. The van der Waals surface area contributed by atoms with Crippen molar-refractivity contribution in [2.24, 2.45) is 0 Å². The van der Waals surface area contributed by atoms with E-state index in [-0.39, 0.29) is 11.6 Å². The summed E-state index contributed by atoms with van der Waals surface area (Å²) in [6.07, 6.45) is 0.793. The molecule has 20 heavy (non-hydrogen) atoms. The van der Waals surface area contributed by atoms with E-state index >= 15 is 0 Å². The molecule has 0 saturated heterocycles. The zero-order chi connectivity index (χ0) is 14.4. The molecule has 0 saturated carbocycles. The molecule has 0 fully saturated rings. The second kappa shape index (κ2) is 6.48. The Hall–Kier alpha value is -2.67. The molecule has 1 aromatic carbocycles. The SMILES string of the molecule is CN(CCc1ccccc1)C(=O)c1cccc(C#N)n1. The third kappa shape index (κ3) is 3.42. The van der Waals surface area contributed by atoms with Crippen LogP contribution in [-0.4, -0.2) is 29.4 Å². The van der Waals surface area contributed by atoms with Gasteiger partial charge in [-0.1, -0.05) is 36.4 Å². The number of carbonyl (C=O) groups is 1. The van der Waals surface area contributed by atoms with Crippen molar-refractivity contribution in [2.45, 2.75) is 6.42 Å². The predicted octanol–water partition coefficient (Wildman–Crippen LogP) is 2.27. The van der Waals surface area contributed by atoms with Crippen LogP contribution >= 0.6 is 0 Å². The molecule has 0 atom stereocenters. The summed E-state index contributed by atoms with van der Waals surface area (Å²) < 4.78 is 0. The number of aromatic nitrogens is 1. The molecule has 0 spiro atoms. The van der Waals surface area contributed by atoms with Crippen LogP contribution in [-0.2, 0) is 6.42 Å². The maximum atomic E-state index is 12.2. The molecule has 2 rings (SSSR count). The Kier molecular flexibility index (Phi) is 4.46. The molecule has 0 aliphatic heterocycles. The second-order valence-electron chi connectivity index (χ2n) is 4.48. The molecule has 4 heteroatoms. The van der Waals surface area contributed by atoms with Crippen LogP contribution in [0, 0.1) is 11.3 Å². The summed E-state index contributed by atoms with van der Waals surface area (Å²) in [4.78, 5) is 17.8. The Morgan fingerprint density at radius 3 is 2.65 bits per heavy atom. The van der Waals surface area contributed by atoms with Crippen molar-refractivity contribution >= 4 is 5.91 Å². The molecule has 1 aromatic heterocycles. The van der Waals surface area contributed by atoms with Crippen LogP contribution in [0.15, 0.2) is 48.5 Å². The van der Waals surface area contributed by atoms with Gasteiger partial charge in [0, 0.05) is 13.6 Å². The monoisotopic (exact) mass is 265 g/mol. The fourth-order valence-electron chi connectivity index (χ4n) is 1.85. The number of hydrogen-bond donors (Lipinski definition) is 0. The summed E-state index contributed by atoms with van der Waals surface area (Å²) in [5.41, 5.74) is 1.75. The number of pyridine rings is 1. The van der Waals surface area contributed by atoms with Gasteiger partial charge in [0.25, 0.3) is 5.91 Å². The van der Waals surface area contributed by atoms with Crippen molar-refractivity contribution in [3.63, 3.8) is 0 Å². The Balaban J connectivity index is 2.00. The lowest BCUT2D eigenvalue weighted by Crippen LogP contribution is -2.29. The fraction of sp³-hybridized carbons (Fsp3) is 0.188. The minimum absolute atomic E-state index is 0.168. The smallest absolute Gasteiger partial charge is 0.272 e. The molecule has 1 amide bonds. The number of rotatable bonds is 4. The van der Waals surface area contributed by atoms with E-state index in [9.17, 15) is 4.79 Å². The topological polar surface area (TPSA) is 57.0 Å². The van der Waals surface area contributed by atoms with Crippen LogP contribution in [0.1, 0.15) is 21.7 Å². The third-order valence-corrected chi connectivity index (χ3v) is 3.01. The van der Waals surface area contributed by atoms with Crippen LogP contribution in [0.25, 0.3) is 0 Å². The molecule has 0 N–H and O–H groups in total. The average molecular weight is 265 g/mol. The standard InChI is InChI=1S/C16H15N3O/c1-19(11-10-13-6-3-2-4-7-13)16(20)15-9-5-8-14(12-17)18-15/h2-9H,10-11H2,1H3. The van der Waals surface area contributed by atoms with E-state index in [0.717, 1.165) is 6.42 Å². The summed E-state index contributed by atoms with van der Waals surface area (Å²) >= 11 is 0. The van der Waals surface area contributed by atoms with Crippen molar-refractivity contribution in [1.82, 2.24) is 9.88 Å². The number of hydrogen-bond acceptors (Lipinski definition) is 3. The summed E-state index contributed by atoms with van der Waals surface area (Å²) in [7, 11) is 1.74. The Morgan fingerprint density at radius 2 is 1.95 bits per heavy atom. The highest BCUT2D eigenvalue weighted by atomic mass is 16.2. The first kappa shape index (κ1) is 13.8. The van der Waals surface area contributed by atoms with Gasteiger partial charge in [-0.05, 0) is 24.1 Å². The minimum atomic E-state index is -0.168. The first-order chi connectivity index (χ1) is 9.70. The van der Waals surface area contributed by atoms with Gasteiger partial charge in [-0.2, -0.15) is 5.26 Å². The lowest BCUT2D eigenvalue weighted by atomic mass is 10.1. The van der Waals surface area contributed by atoms with Gasteiger partial charge in [0.2, 0.25) is 0 Å². The van der Waals surface area contributed by atoms with E-state index in [2.05, 4.69) is 4.98 Å². The first-order valence-electron chi connectivity index (χ1n) is 6.37. The summed E-state index contributed by atoms with van der Waals surface area (Å²) in [6, 6.07) is 16.8. The van der Waals surface area contributed by atoms with Gasteiger partial charge in [0.05, 0.1) is 0 Å². The highest BCUT2D eigenvalue weighted by molar-refractivity contribution is 5.92. The second-order valence-corrected chi connectivity index (χ2v) is 4.48. The van der Waals surface area contributed by atoms with Gasteiger partial charge in [0.15, 0.2) is 0 Å². The predicted molar refractivity (Wildman–Crippen MR) is 76.1 cm³/mol. The Bertz CT molecular complexity index is 632. The number of benzene rings is 1. The lowest BCUT2D eigenvalue weighted by molar-refractivity contribution is 0.0791. The molecule has 0 aliphatic carbocycles. The summed E-state index contributed by atoms with van der Waals surface area (Å²) in [6.45, 7) is 0.612. The first-order valence-corrected chi connectivity index (χ1v) is 6.37. The van der Waals surface area contributed by atoms with E-state index in [1.54, 1.807) is 30.1 Å². The van der Waals surface area contributed by atoms with Crippen molar-refractivity contribution in [1.29, 1.82) is 5.26 Å². The van der Waals surface area contributed by atoms with Gasteiger partial charge in [-0.25, -0.2) is 4.98 Å². The van der Waals surface area contributed by atoms with Crippen molar-refractivity contribution in [3.05, 3.63) is 65.5 Å². The Labute approximate surface area is 118 Å². The number of carbonyl (C=O) groups excluding carboxylic acids is 1. The normalized spacial score (nSPS) is 9.80. The third-order valence-electron chi connectivity index (χ3n) is 3.01. The van der Waals surface area contributed by atoms with Gasteiger partial charge < -0.3 is 4.90 Å². The van der Waals surface area contributed by atoms with Gasteiger partial charge in [0.1, 0.15) is 17.5 Å². The maximum Gasteiger partial charge on any atom is 0.272 e. The molecule has 0 aliphatic rings. The van der Waals surface area contributed by atoms with E-state index in [4.69, 9.17) is 5.26 Å². The van der Waals surface area contributed by atoms with Crippen LogP contribution in [0.2, 0.25) is 0 Å². The molecular weight excluding hydrogens is 250 g/mol. The molecule has 0 bridgehead atoms. The molecule has 100 valence electrons. The zero-order valence-corrected chi connectivity index (χ0v) is 11.3. The van der Waals surface area contributed by atoms with Gasteiger partial charge in [-0.15, -0.1) is 0 Å². The maximum absolute atomic E-state index is 12.2. The van der Waals surface area contributed by atoms with Crippen molar-refractivity contribution in [3.8, 4) is 6.07 Å². The van der Waals surface area contributed by atoms with E-state index < -0.39 is 0 Å². The molecule has 4 nitrogen and oxygen atoms in total. The molecular formula is C16H15N3O. The fourth-order valence-corrected chi connectivity index (χ4v) is 1.85. The molecule has 1 heterocycles. The van der Waals surface area contributed by atoms with Crippen LogP contribution in [0.5, 0.6) is 0 Å². The van der Waals surface area contributed by atoms with Gasteiger partial charge >= 0.3 is 0 Å². The van der Waals surface area contributed by atoms with Gasteiger partial charge in [-0.3, -0.25) is 4.79 Å². The molecule has 0 unspecified atom stereocenters. The average Bonchev–Trinajstić information content (AvgIpc) is 2.53. The van der Waals surface area contributed by atoms with Crippen LogP contribution in [0.4, 0.5) is 0 Å². The summed E-state index contributed by atoms with van der Waals surface area (Å²) in [5, 5.41) is 8.80. The van der Waals surface area contributed by atoms with E-state index in [1.807, 2.05) is 36.4 Å². The summed E-state index contributed by atoms with van der Waals surface area (Å²) in [5.74, 6) is -0.168. The highest BCUT2D eigenvalue weighted by Crippen LogP contribution is 2.05. The quantitative estimate of drug-likeness (QED) is 0.852. The molecule has 0 radical (unpaired) electrons. The van der Waals surface area contributed by atoms with E-state index in [1.165, 1.54) is 5.56 Å². The highest BCUT2D eigenvalue weighted by Gasteiger charge is 2.13. The van der Waals surface area contributed by atoms with Crippen molar-refractivity contribution < 1.29 is 4.79 Å². The number of nitriles is 1. The molecule has 2 aromatic rings.